The van der Waals surface area contributed by atoms with E-state index in [2.05, 4.69) is 34.5 Å². The van der Waals surface area contributed by atoms with Gasteiger partial charge in [0, 0.05) is 24.4 Å². The Kier molecular flexibility index (Phi) is 5.47. The zero-order valence-corrected chi connectivity index (χ0v) is 14.8. The molecule has 1 aromatic heterocycles. The van der Waals surface area contributed by atoms with Gasteiger partial charge in [0.1, 0.15) is 6.33 Å². The SMILES string of the molecule is CN(C)CC1CSCCCN1C(=O)c1cccc(-n2cnnn2)c1. The zero-order chi connectivity index (χ0) is 16.9. The molecule has 24 heavy (non-hydrogen) atoms. The molecule has 1 unspecified atom stereocenters. The van der Waals surface area contributed by atoms with Crippen LogP contribution in [0.1, 0.15) is 16.8 Å². The van der Waals surface area contributed by atoms with E-state index in [9.17, 15) is 4.79 Å². The molecule has 0 bridgehead atoms. The van der Waals surface area contributed by atoms with Crippen molar-refractivity contribution in [3.05, 3.63) is 36.2 Å². The van der Waals surface area contributed by atoms with E-state index in [1.807, 2.05) is 40.9 Å². The smallest absolute Gasteiger partial charge is 0.254 e. The standard InChI is InChI=1S/C16H22N6OS/c1-20(2)10-15-11-24-8-4-7-21(15)16(23)13-5-3-6-14(9-13)22-12-17-18-19-22/h3,5-6,9,12,15H,4,7-8,10-11H2,1-2H3. The van der Waals surface area contributed by atoms with Crippen molar-refractivity contribution in [1.82, 2.24) is 30.0 Å². The van der Waals surface area contributed by atoms with Crippen LogP contribution < -0.4 is 0 Å². The van der Waals surface area contributed by atoms with Crippen LogP contribution in [0.2, 0.25) is 0 Å². The Hall–Kier alpha value is -1.93. The normalized spacial score (nSPS) is 18.6. The maximum absolute atomic E-state index is 13.1. The molecule has 128 valence electrons. The van der Waals surface area contributed by atoms with E-state index in [1.165, 1.54) is 6.33 Å². The number of carbonyl (C=O) groups excluding carboxylic acids is 1. The molecule has 1 aliphatic heterocycles. The van der Waals surface area contributed by atoms with Gasteiger partial charge in [-0.2, -0.15) is 11.8 Å². The fourth-order valence-electron chi connectivity index (χ4n) is 2.90. The highest BCUT2D eigenvalue weighted by atomic mass is 32.2. The van der Waals surface area contributed by atoms with Crippen LogP contribution >= 0.6 is 11.8 Å². The first-order valence-corrected chi connectivity index (χ1v) is 9.17. The fourth-order valence-corrected chi connectivity index (χ4v) is 3.95. The van der Waals surface area contributed by atoms with Gasteiger partial charge in [-0.15, -0.1) is 5.10 Å². The molecule has 0 radical (unpaired) electrons. The molecule has 1 saturated heterocycles. The highest BCUT2D eigenvalue weighted by molar-refractivity contribution is 7.99. The molecule has 0 saturated carbocycles. The summed E-state index contributed by atoms with van der Waals surface area (Å²) in [6.45, 7) is 1.69. The number of carbonyl (C=O) groups is 1. The van der Waals surface area contributed by atoms with Crippen molar-refractivity contribution < 1.29 is 4.79 Å². The number of thioether (sulfide) groups is 1. The van der Waals surface area contributed by atoms with Crippen molar-refractivity contribution in [2.45, 2.75) is 12.5 Å². The summed E-state index contributed by atoms with van der Waals surface area (Å²) in [4.78, 5) is 17.3. The molecule has 1 aromatic carbocycles. The number of amides is 1. The summed E-state index contributed by atoms with van der Waals surface area (Å²) in [6, 6.07) is 7.71. The van der Waals surface area contributed by atoms with Crippen LogP contribution in [-0.4, -0.2) is 80.6 Å². The van der Waals surface area contributed by atoms with Gasteiger partial charge >= 0.3 is 0 Å². The molecule has 1 atom stereocenters. The van der Waals surface area contributed by atoms with Crippen molar-refractivity contribution >= 4 is 17.7 Å². The number of hydrogen-bond donors (Lipinski definition) is 0. The van der Waals surface area contributed by atoms with Gasteiger partial charge in [-0.1, -0.05) is 6.07 Å². The second-order valence-corrected chi connectivity index (χ2v) is 7.30. The van der Waals surface area contributed by atoms with E-state index in [-0.39, 0.29) is 11.9 Å². The Bertz CT molecular complexity index is 675. The number of benzene rings is 1. The molecule has 1 amide bonds. The van der Waals surface area contributed by atoms with Crippen LogP contribution in [-0.2, 0) is 0 Å². The lowest BCUT2D eigenvalue weighted by molar-refractivity contribution is 0.0675. The van der Waals surface area contributed by atoms with Gasteiger partial charge in [0.05, 0.1) is 11.7 Å². The van der Waals surface area contributed by atoms with E-state index in [4.69, 9.17) is 0 Å². The Labute approximate surface area is 146 Å². The van der Waals surface area contributed by atoms with Crippen molar-refractivity contribution in [2.75, 3.05) is 38.7 Å². The van der Waals surface area contributed by atoms with E-state index >= 15 is 0 Å². The van der Waals surface area contributed by atoms with Crippen LogP contribution in [0, 0.1) is 0 Å². The highest BCUT2D eigenvalue weighted by Crippen LogP contribution is 2.20. The van der Waals surface area contributed by atoms with Gasteiger partial charge < -0.3 is 9.80 Å². The number of rotatable bonds is 4. The molecule has 0 aliphatic carbocycles. The summed E-state index contributed by atoms with van der Waals surface area (Å²) in [7, 11) is 4.10. The first-order valence-electron chi connectivity index (χ1n) is 8.02. The maximum Gasteiger partial charge on any atom is 0.254 e. The Morgan fingerprint density at radius 3 is 3.04 bits per heavy atom. The molecule has 1 aliphatic rings. The van der Waals surface area contributed by atoms with Crippen molar-refractivity contribution in [3.63, 3.8) is 0 Å². The molecule has 7 nitrogen and oxygen atoms in total. The van der Waals surface area contributed by atoms with Crippen molar-refractivity contribution in [1.29, 1.82) is 0 Å². The molecular formula is C16H22N6OS. The van der Waals surface area contributed by atoms with Crippen LogP contribution in [0.5, 0.6) is 0 Å². The first kappa shape index (κ1) is 16.9. The van der Waals surface area contributed by atoms with Crippen LogP contribution in [0.3, 0.4) is 0 Å². The van der Waals surface area contributed by atoms with Crippen LogP contribution in [0.4, 0.5) is 0 Å². The molecule has 2 aromatic rings. The second-order valence-electron chi connectivity index (χ2n) is 6.15. The van der Waals surface area contributed by atoms with E-state index in [0.717, 1.165) is 36.7 Å². The molecule has 8 heteroatoms. The number of tetrazole rings is 1. The average Bonchev–Trinajstić information content (AvgIpc) is 3.02. The highest BCUT2D eigenvalue weighted by Gasteiger charge is 2.27. The lowest BCUT2D eigenvalue weighted by Crippen LogP contribution is -2.46. The second kappa shape index (κ2) is 7.76. The van der Waals surface area contributed by atoms with E-state index < -0.39 is 0 Å². The molecule has 2 heterocycles. The summed E-state index contributed by atoms with van der Waals surface area (Å²) in [5, 5.41) is 11.2. The number of hydrogen-bond acceptors (Lipinski definition) is 6. The zero-order valence-electron chi connectivity index (χ0n) is 14.0. The van der Waals surface area contributed by atoms with Gasteiger partial charge in [-0.05, 0) is 54.9 Å². The van der Waals surface area contributed by atoms with Gasteiger partial charge in [-0.25, -0.2) is 4.68 Å². The van der Waals surface area contributed by atoms with Gasteiger partial charge in [0.2, 0.25) is 0 Å². The van der Waals surface area contributed by atoms with Gasteiger partial charge in [-0.3, -0.25) is 4.79 Å². The van der Waals surface area contributed by atoms with Crippen LogP contribution in [0.15, 0.2) is 30.6 Å². The molecule has 0 N–H and O–H groups in total. The average molecular weight is 346 g/mol. The van der Waals surface area contributed by atoms with Crippen molar-refractivity contribution in [2.24, 2.45) is 0 Å². The van der Waals surface area contributed by atoms with Crippen LogP contribution in [0.25, 0.3) is 5.69 Å². The maximum atomic E-state index is 13.1. The number of nitrogens with zero attached hydrogens (tertiary/aromatic N) is 6. The molecule has 0 spiro atoms. The lowest BCUT2D eigenvalue weighted by Gasteiger charge is -2.31. The summed E-state index contributed by atoms with van der Waals surface area (Å²) < 4.78 is 1.56. The van der Waals surface area contributed by atoms with E-state index in [0.29, 0.717) is 5.56 Å². The largest absolute Gasteiger partial charge is 0.334 e. The molecule has 1 fully saturated rings. The quantitative estimate of drug-likeness (QED) is 0.828. The monoisotopic (exact) mass is 346 g/mol. The minimum atomic E-state index is 0.0827. The Morgan fingerprint density at radius 1 is 1.42 bits per heavy atom. The van der Waals surface area contributed by atoms with Crippen molar-refractivity contribution in [3.8, 4) is 5.69 Å². The third-order valence-electron chi connectivity index (χ3n) is 3.98. The summed E-state index contributed by atoms with van der Waals surface area (Å²) >= 11 is 1.93. The Morgan fingerprint density at radius 2 is 2.29 bits per heavy atom. The third kappa shape index (κ3) is 3.93. The minimum Gasteiger partial charge on any atom is -0.334 e. The predicted molar refractivity (Wildman–Crippen MR) is 94.5 cm³/mol. The number of likely N-dealkylation sites (N-methyl/N-ethyl adjacent to an activating group) is 1. The van der Waals surface area contributed by atoms with Gasteiger partial charge in [0.25, 0.3) is 5.91 Å². The Balaban J connectivity index is 1.84. The number of aromatic nitrogens is 4. The third-order valence-corrected chi connectivity index (χ3v) is 5.18. The molecular weight excluding hydrogens is 324 g/mol. The molecule has 3 rings (SSSR count). The summed E-state index contributed by atoms with van der Waals surface area (Å²) in [6.07, 6.45) is 2.56. The first-order chi connectivity index (χ1) is 11.6. The minimum absolute atomic E-state index is 0.0827. The lowest BCUT2D eigenvalue weighted by atomic mass is 10.1. The fraction of sp³-hybridized carbons (Fsp3) is 0.500. The topological polar surface area (TPSA) is 67.2 Å². The van der Waals surface area contributed by atoms with E-state index in [1.54, 1.807) is 4.68 Å². The summed E-state index contributed by atoms with van der Waals surface area (Å²) in [5.74, 6) is 2.17. The summed E-state index contributed by atoms with van der Waals surface area (Å²) in [5.41, 5.74) is 1.47. The predicted octanol–water partition coefficient (Wildman–Crippen LogP) is 1.17. The van der Waals surface area contributed by atoms with Gasteiger partial charge in [0.15, 0.2) is 0 Å².